The summed E-state index contributed by atoms with van der Waals surface area (Å²) in [4.78, 5) is 9.47. The van der Waals surface area contributed by atoms with Crippen LogP contribution >= 0.6 is 0 Å². The van der Waals surface area contributed by atoms with Gasteiger partial charge in [-0.3, -0.25) is 0 Å². The molecule has 5 heteroatoms. The molecule has 38 valence electrons. The quantitative estimate of drug-likeness (QED) is 0.466. The normalized spacial score (nSPS) is 6.86. The molecule has 0 aliphatic heterocycles. The molecule has 0 amide bonds. The maximum atomic E-state index is 9.47. The number of carboxylic acid groups (broad SMARTS) is 1. The Morgan fingerprint density at radius 3 is 2.57 bits per heavy atom. The van der Waals surface area contributed by atoms with Crippen LogP contribution in [-0.4, -0.2) is 25.0 Å². The summed E-state index contributed by atoms with van der Waals surface area (Å²) < 4.78 is 13.0. The molecule has 1 N–H and O–H groups in total. The number of carbonyl (C=O) groups is 1. The first-order valence-corrected chi connectivity index (χ1v) is 1.54. The summed E-state index contributed by atoms with van der Waals surface area (Å²) in [6.07, 6.45) is 0. The van der Waals surface area contributed by atoms with Crippen molar-refractivity contribution in [3.8, 4) is 0 Å². The van der Waals surface area contributed by atoms with E-state index in [1.807, 2.05) is 0 Å². The first-order valence-electron chi connectivity index (χ1n) is 1.54. The molecule has 0 saturated carbocycles. The fourth-order valence-corrected chi connectivity index (χ4v) is 0.105. The molecule has 0 heterocycles. The summed E-state index contributed by atoms with van der Waals surface area (Å²) >= 11 is 0. The van der Waals surface area contributed by atoms with E-state index in [0.717, 1.165) is 0 Å². The van der Waals surface area contributed by atoms with Gasteiger partial charge in [-0.05, 0) is 0 Å². The molecule has 0 rings (SSSR count). The Morgan fingerprint density at radius 1 is 1.86 bits per heavy atom. The topological polar surface area (TPSA) is 63.6 Å². The van der Waals surface area contributed by atoms with E-state index in [2.05, 4.69) is 4.65 Å². The SMILES string of the molecule is O=BOCC(=O)O. The number of rotatable bonds is 3. The molecule has 0 fully saturated rings. The molecule has 4 nitrogen and oxygen atoms in total. The third-order valence-corrected chi connectivity index (χ3v) is 0.275. The Labute approximate surface area is 40.4 Å². The predicted molar refractivity (Wildman–Crippen MR) is 20.0 cm³/mol. The van der Waals surface area contributed by atoms with Crippen molar-refractivity contribution in [1.29, 1.82) is 0 Å². The van der Waals surface area contributed by atoms with Gasteiger partial charge in [-0.15, -0.1) is 0 Å². The Bertz CT molecular complexity index is 79.8. The van der Waals surface area contributed by atoms with Crippen LogP contribution in [0.3, 0.4) is 0 Å². The second-order valence-corrected chi connectivity index (χ2v) is 0.801. The van der Waals surface area contributed by atoms with Gasteiger partial charge >= 0.3 is 39.2 Å². The van der Waals surface area contributed by atoms with Crippen LogP contribution < -0.4 is 0 Å². The number of hydrogen-bond acceptors (Lipinski definition) is 3. The molecule has 0 aliphatic carbocycles. The van der Waals surface area contributed by atoms with E-state index in [4.69, 9.17) is 5.11 Å². The molecule has 0 saturated heterocycles. The Balaban J connectivity index is 2.97. The zero-order chi connectivity index (χ0) is 5.70. The summed E-state index contributed by atoms with van der Waals surface area (Å²) in [6.45, 7) is -0.552. The zero-order valence-corrected chi connectivity index (χ0v) is 3.46. The van der Waals surface area contributed by atoms with E-state index in [1.165, 1.54) is 0 Å². The molecule has 0 bridgehead atoms. The maximum absolute atomic E-state index is 9.47. The van der Waals surface area contributed by atoms with Crippen molar-refractivity contribution in [1.82, 2.24) is 0 Å². The summed E-state index contributed by atoms with van der Waals surface area (Å²) in [5.74, 6) is -1.15. The van der Waals surface area contributed by atoms with Crippen LogP contribution in [0.15, 0.2) is 0 Å². The number of aliphatic carboxylic acids is 1. The third-order valence-electron chi connectivity index (χ3n) is 0.275. The van der Waals surface area contributed by atoms with E-state index < -0.39 is 12.6 Å². The predicted octanol–water partition coefficient (Wildman–Crippen LogP) is -0.948. The van der Waals surface area contributed by atoms with Crippen molar-refractivity contribution in [3.05, 3.63) is 0 Å². The molecule has 0 unspecified atom stereocenters. The molecular weight excluding hydrogens is 98.8 g/mol. The molecule has 0 aromatic heterocycles. The van der Waals surface area contributed by atoms with Crippen LogP contribution in [0.5, 0.6) is 0 Å². The van der Waals surface area contributed by atoms with Crippen LogP contribution in [0.1, 0.15) is 0 Å². The standard InChI is InChI=1S/C2H3BO4/c4-2(5)1-7-3-6/h1H2,(H,4,5). The van der Waals surface area contributed by atoms with Gasteiger partial charge in [0, 0.05) is 0 Å². The van der Waals surface area contributed by atoms with Gasteiger partial charge in [0.05, 0.1) is 0 Å². The van der Waals surface area contributed by atoms with Crippen molar-refractivity contribution in [2.75, 3.05) is 6.61 Å². The van der Waals surface area contributed by atoms with E-state index in [0.29, 0.717) is 0 Å². The van der Waals surface area contributed by atoms with Gasteiger partial charge in [-0.25, -0.2) is 0 Å². The molecule has 0 atom stereocenters. The zero-order valence-electron chi connectivity index (χ0n) is 3.46. The average molecular weight is 102 g/mol. The van der Waals surface area contributed by atoms with Gasteiger partial charge in [-0.1, -0.05) is 0 Å². The summed E-state index contributed by atoms with van der Waals surface area (Å²) in [5.41, 5.74) is 0. The first-order chi connectivity index (χ1) is 3.27. The van der Waals surface area contributed by atoms with Crippen LogP contribution in [0, 0.1) is 0 Å². The molecule has 0 aliphatic rings. The third kappa shape index (κ3) is 5.13. The number of hydrogen-bond donors (Lipinski definition) is 1. The Kier molecular flexibility index (Phi) is 2.92. The average Bonchev–Trinajstić information content (AvgIpc) is 1.61. The molecule has 0 aromatic rings. The van der Waals surface area contributed by atoms with E-state index in [-0.39, 0.29) is 7.35 Å². The first kappa shape index (κ1) is 6.13. The molecule has 0 spiro atoms. The van der Waals surface area contributed by atoms with Gasteiger partial charge in [0.1, 0.15) is 0 Å². The van der Waals surface area contributed by atoms with Gasteiger partial charge in [0.2, 0.25) is 0 Å². The monoisotopic (exact) mass is 102 g/mol. The van der Waals surface area contributed by atoms with Gasteiger partial charge in [-0.2, -0.15) is 0 Å². The molecular formula is C2H3BO4. The van der Waals surface area contributed by atoms with Crippen LogP contribution in [0.25, 0.3) is 0 Å². The molecule has 0 radical (unpaired) electrons. The fraction of sp³-hybridized carbons (Fsp3) is 0.500. The van der Waals surface area contributed by atoms with Crippen LogP contribution in [0.4, 0.5) is 0 Å². The van der Waals surface area contributed by atoms with E-state index in [9.17, 15) is 9.50 Å². The second-order valence-electron chi connectivity index (χ2n) is 0.801. The van der Waals surface area contributed by atoms with Crippen LogP contribution in [-0.2, 0) is 14.2 Å². The van der Waals surface area contributed by atoms with Crippen molar-refractivity contribution >= 4 is 13.3 Å². The number of carboxylic acids is 1. The van der Waals surface area contributed by atoms with Gasteiger partial charge < -0.3 is 0 Å². The van der Waals surface area contributed by atoms with Gasteiger partial charge in [0.25, 0.3) is 0 Å². The minimum atomic E-state index is -1.15. The van der Waals surface area contributed by atoms with E-state index >= 15 is 0 Å². The van der Waals surface area contributed by atoms with E-state index in [1.54, 1.807) is 0 Å². The minimum absolute atomic E-state index is 0.0914. The molecule has 0 aromatic carbocycles. The Hall–Kier alpha value is -0.865. The van der Waals surface area contributed by atoms with Gasteiger partial charge in [0.15, 0.2) is 0 Å². The Morgan fingerprint density at radius 2 is 2.43 bits per heavy atom. The van der Waals surface area contributed by atoms with Crippen molar-refractivity contribution in [2.45, 2.75) is 0 Å². The van der Waals surface area contributed by atoms with Crippen molar-refractivity contribution in [3.63, 3.8) is 0 Å². The van der Waals surface area contributed by atoms with Crippen molar-refractivity contribution in [2.24, 2.45) is 0 Å². The van der Waals surface area contributed by atoms with Crippen molar-refractivity contribution < 1.29 is 19.3 Å². The summed E-state index contributed by atoms with van der Waals surface area (Å²) in [7, 11) is 0.0914. The second kappa shape index (κ2) is 3.33. The fourth-order valence-electron chi connectivity index (χ4n) is 0.105. The summed E-state index contributed by atoms with van der Waals surface area (Å²) in [5, 5.41) is 7.76. The van der Waals surface area contributed by atoms with Crippen LogP contribution in [0.2, 0.25) is 0 Å². The molecule has 7 heavy (non-hydrogen) atoms. The summed E-state index contributed by atoms with van der Waals surface area (Å²) in [6, 6.07) is 0.